The van der Waals surface area contributed by atoms with E-state index >= 15 is 0 Å². The summed E-state index contributed by atoms with van der Waals surface area (Å²) >= 11 is 1.80. The molecule has 5 nitrogen and oxygen atoms in total. The van der Waals surface area contributed by atoms with E-state index in [1.807, 2.05) is 36.4 Å². The number of allylic oxidation sites excluding steroid dienone is 1. The Labute approximate surface area is 282 Å². The van der Waals surface area contributed by atoms with Crippen molar-refractivity contribution in [1.29, 1.82) is 0 Å². The number of thioether (sulfide) groups is 1. The van der Waals surface area contributed by atoms with E-state index in [9.17, 15) is 4.79 Å². The fourth-order valence-corrected chi connectivity index (χ4v) is 6.29. The van der Waals surface area contributed by atoms with Crippen molar-refractivity contribution < 1.29 is 14.3 Å². The fourth-order valence-electron chi connectivity index (χ4n) is 5.35. The Balaban J connectivity index is 0.00000675. The molecule has 1 heterocycles. The first-order valence-electron chi connectivity index (χ1n) is 16.6. The molecule has 3 rings (SSSR count). The maximum absolute atomic E-state index is 12.8. The smallest absolute Gasteiger partial charge is 0.262 e. The molecule has 1 aliphatic heterocycles. The first-order valence-corrected chi connectivity index (χ1v) is 17.6. The van der Waals surface area contributed by atoms with Crippen LogP contribution in [0, 0.1) is 0 Å². The van der Waals surface area contributed by atoms with Crippen LogP contribution in [0.4, 0.5) is 5.69 Å². The highest BCUT2D eigenvalue weighted by atomic mass is 79.9. The van der Waals surface area contributed by atoms with Crippen molar-refractivity contribution >= 4 is 40.3 Å². The lowest BCUT2D eigenvalue weighted by molar-refractivity contribution is -0.118. The van der Waals surface area contributed by atoms with Crippen molar-refractivity contribution in [3.05, 3.63) is 64.7 Å². The summed E-state index contributed by atoms with van der Waals surface area (Å²) in [5, 5.41) is 5.23. The average Bonchev–Trinajstić information content (AvgIpc) is 3.39. The molecule has 0 atom stereocenters. The standard InChI is InChI=1S/C37H56N2O3S.BrH/c1-6-7-8-9-10-11-12-13-14-15-16-19-24-41-35-23-22-32(25-33(35)37(3,4)5)42-27-36(40)38-34-21-18-17-20-31(34)26-39-29-43-28-30(39)2;/h17-18,20-23,25,28H,6-16,19,24,26-27,29H2,1-5H3,(H,38,40);1H. The van der Waals surface area contributed by atoms with Gasteiger partial charge in [-0.05, 0) is 54.0 Å². The van der Waals surface area contributed by atoms with Gasteiger partial charge >= 0.3 is 0 Å². The Morgan fingerprint density at radius 2 is 1.52 bits per heavy atom. The van der Waals surface area contributed by atoms with Crippen LogP contribution in [0.3, 0.4) is 0 Å². The van der Waals surface area contributed by atoms with Crippen molar-refractivity contribution in [3.8, 4) is 11.5 Å². The molecule has 0 fully saturated rings. The second kappa shape index (κ2) is 20.8. The van der Waals surface area contributed by atoms with Crippen LogP contribution in [-0.4, -0.2) is 29.9 Å². The fraction of sp³-hybridized carbons (Fsp3) is 0.595. The molecule has 0 bridgehead atoms. The highest BCUT2D eigenvalue weighted by Gasteiger charge is 2.21. The van der Waals surface area contributed by atoms with E-state index < -0.39 is 0 Å². The number of hydrogen-bond acceptors (Lipinski definition) is 5. The molecule has 1 N–H and O–H groups in total. The van der Waals surface area contributed by atoms with Gasteiger partial charge in [-0.3, -0.25) is 4.79 Å². The molecule has 0 saturated carbocycles. The second-order valence-corrected chi connectivity index (χ2v) is 13.7. The quantitative estimate of drug-likeness (QED) is 0.140. The zero-order valence-electron chi connectivity index (χ0n) is 27.9. The van der Waals surface area contributed by atoms with Gasteiger partial charge in [0.25, 0.3) is 5.91 Å². The number of carbonyl (C=O) groups excluding carboxylic acids is 1. The van der Waals surface area contributed by atoms with E-state index in [-0.39, 0.29) is 34.9 Å². The Bertz CT molecular complexity index is 1150. The van der Waals surface area contributed by atoms with E-state index in [0.29, 0.717) is 5.75 Å². The van der Waals surface area contributed by atoms with Crippen molar-refractivity contribution in [2.24, 2.45) is 0 Å². The van der Waals surface area contributed by atoms with Gasteiger partial charge in [-0.1, -0.05) is 117 Å². The Morgan fingerprint density at radius 3 is 2.14 bits per heavy atom. The molecule has 1 aliphatic rings. The Kier molecular flexibility index (Phi) is 18.0. The summed E-state index contributed by atoms with van der Waals surface area (Å²) in [6.07, 6.45) is 16.0. The molecule has 0 aliphatic carbocycles. The molecule has 2 aromatic carbocycles. The van der Waals surface area contributed by atoms with Gasteiger partial charge in [0.2, 0.25) is 0 Å². The summed E-state index contributed by atoms with van der Waals surface area (Å²) in [5.41, 5.74) is 4.17. The van der Waals surface area contributed by atoms with E-state index in [2.05, 4.69) is 56.3 Å². The first kappa shape index (κ1) is 38.1. The number of benzene rings is 2. The Morgan fingerprint density at radius 1 is 0.886 bits per heavy atom. The maximum Gasteiger partial charge on any atom is 0.262 e. The molecule has 246 valence electrons. The van der Waals surface area contributed by atoms with Crippen LogP contribution in [0.5, 0.6) is 11.5 Å². The van der Waals surface area contributed by atoms with E-state index in [4.69, 9.17) is 9.47 Å². The number of ether oxygens (including phenoxy) is 2. The lowest BCUT2D eigenvalue weighted by Crippen LogP contribution is -2.23. The number of nitrogens with zero attached hydrogens (tertiary/aromatic N) is 1. The van der Waals surface area contributed by atoms with Crippen LogP contribution < -0.4 is 14.8 Å². The molecule has 0 aromatic heterocycles. The highest BCUT2D eigenvalue weighted by molar-refractivity contribution is 8.93. The molecule has 0 radical (unpaired) electrons. The third kappa shape index (κ3) is 13.9. The normalized spacial score (nSPS) is 12.9. The first-order chi connectivity index (χ1) is 20.8. The second-order valence-electron chi connectivity index (χ2n) is 12.9. The van der Waals surface area contributed by atoms with Gasteiger partial charge < -0.3 is 19.7 Å². The Hall–Kier alpha value is -2.12. The highest BCUT2D eigenvalue weighted by Crippen LogP contribution is 2.35. The number of carbonyl (C=O) groups is 1. The molecule has 7 heteroatoms. The topological polar surface area (TPSA) is 50.8 Å². The molecule has 44 heavy (non-hydrogen) atoms. The van der Waals surface area contributed by atoms with Gasteiger partial charge in [-0.15, -0.1) is 28.7 Å². The van der Waals surface area contributed by atoms with Gasteiger partial charge in [-0.25, -0.2) is 0 Å². The molecule has 0 unspecified atom stereocenters. The lowest BCUT2D eigenvalue weighted by atomic mass is 9.86. The predicted molar refractivity (Wildman–Crippen MR) is 194 cm³/mol. The maximum atomic E-state index is 12.8. The van der Waals surface area contributed by atoms with Gasteiger partial charge in [-0.2, -0.15) is 0 Å². The molecular weight excluding hydrogens is 632 g/mol. The van der Waals surface area contributed by atoms with E-state index in [1.54, 1.807) is 11.8 Å². The van der Waals surface area contributed by atoms with Gasteiger partial charge in [0.1, 0.15) is 11.5 Å². The summed E-state index contributed by atoms with van der Waals surface area (Å²) in [6, 6.07) is 13.9. The predicted octanol–water partition coefficient (Wildman–Crippen LogP) is 11.0. The van der Waals surface area contributed by atoms with Crippen molar-refractivity contribution in [3.63, 3.8) is 0 Å². The van der Waals surface area contributed by atoms with Crippen molar-refractivity contribution in [2.45, 2.75) is 124 Å². The molecule has 0 spiro atoms. The van der Waals surface area contributed by atoms with Gasteiger partial charge in [0.05, 0.1) is 12.5 Å². The van der Waals surface area contributed by atoms with Crippen LogP contribution in [0.25, 0.3) is 0 Å². The monoisotopic (exact) mass is 688 g/mol. The summed E-state index contributed by atoms with van der Waals surface area (Å²) in [6.45, 7) is 12.4. The van der Waals surface area contributed by atoms with Crippen LogP contribution in [0.2, 0.25) is 0 Å². The number of para-hydroxylation sites is 1. The number of nitrogens with one attached hydrogen (secondary N) is 1. The molecule has 0 saturated heterocycles. The van der Waals surface area contributed by atoms with Crippen molar-refractivity contribution in [2.75, 3.05) is 24.4 Å². The number of halogens is 1. The van der Waals surface area contributed by atoms with E-state index in [0.717, 1.165) is 48.0 Å². The molecular formula is C37H57BrN2O3S. The largest absolute Gasteiger partial charge is 0.493 e. The molecule has 2 aromatic rings. The lowest BCUT2D eigenvalue weighted by Gasteiger charge is -2.24. The van der Waals surface area contributed by atoms with Crippen LogP contribution >= 0.6 is 28.7 Å². The van der Waals surface area contributed by atoms with Crippen LogP contribution in [0.1, 0.15) is 123 Å². The minimum atomic E-state index is -0.167. The third-order valence-corrected chi connectivity index (χ3v) is 8.99. The SMILES string of the molecule is Br.CCCCCCCCCCCCCCOc1ccc(OCC(=O)Nc2ccccc2CN2CSC=C2C)cc1C(C)(C)C. The third-order valence-electron chi connectivity index (χ3n) is 8.02. The number of anilines is 1. The number of hydrogen-bond donors (Lipinski definition) is 1. The van der Waals surface area contributed by atoms with Crippen LogP contribution in [0.15, 0.2) is 53.6 Å². The summed E-state index contributed by atoms with van der Waals surface area (Å²) in [4.78, 5) is 15.2. The summed E-state index contributed by atoms with van der Waals surface area (Å²) in [5.74, 6) is 2.36. The number of unbranched alkanes of at least 4 members (excludes halogenated alkanes) is 11. The zero-order valence-corrected chi connectivity index (χ0v) is 30.5. The molecule has 1 amide bonds. The van der Waals surface area contributed by atoms with E-state index in [1.165, 1.54) is 76.3 Å². The minimum absolute atomic E-state index is 0. The average molecular weight is 690 g/mol. The van der Waals surface area contributed by atoms with Crippen LogP contribution in [-0.2, 0) is 16.8 Å². The number of rotatable bonds is 20. The zero-order chi connectivity index (χ0) is 30.9. The van der Waals surface area contributed by atoms with Gasteiger partial charge in [0, 0.05) is 23.5 Å². The van der Waals surface area contributed by atoms with Crippen molar-refractivity contribution in [1.82, 2.24) is 4.90 Å². The van der Waals surface area contributed by atoms with Gasteiger partial charge in [0.15, 0.2) is 6.61 Å². The summed E-state index contributed by atoms with van der Waals surface area (Å²) < 4.78 is 12.2. The number of amides is 1. The summed E-state index contributed by atoms with van der Waals surface area (Å²) in [7, 11) is 0. The minimum Gasteiger partial charge on any atom is -0.493 e.